The number of halogens is 4. The molecule has 2 aliphatic heterocycles. The molecule has 0 aliphatic carbocycles. The molecule has 0 saturated carbocycles. The van der Waals surface area contributed by atoms with Gasteiger partial charge in [0, 0.05) is 124 Å². The van der Waals surface area contributed by atoms with E-state index in [0.717, 1.165) is 25.7 Å². The van der Waals surface area contributed by atoms with Crippen LogP contribution in [-0.4, -0.2) is 87.6 Å². The monoisotopic (exact) mass is 1300 g/mol. The predicted octanol–water partition coefficient (Wildman–Crippen LogP) is 8.60. The highest BCUT2D eigenvalue weighted by Gasteiger charge is 2.24. The van der Waals surface area contributed by atoms with Crippen molar-refractivity contribution >= 4 is 64.5 Å². The average molecular weight is 1300 g/mol. The number of aryl methyl sites for hydroxylation is 2. The minimum Gasteiger partial charge on any atom is -0.496 e. The standard InChI is InChI=1S/C33H33ClFN5O5.C28H23ClFN3O5.C5H10N2O.CH4/c1-18-21(7-6-10-27(18)38-31(42)25-17-39(2)33(44)40(3)32(25)43)23-9-5-8-22(30(23)34)19-13-26(35)24(28(14-19)45-4)16-36-20-11-12-29(41)37-15-20;1-15-17(7-6-10-23(15)31-26(35)20-13-32(2)28(37)33(3)27(20)36)19-9-5-8-18(25(19)29)16-11-22(30)21(14-34)24(12-16)38-4;6-4-1-2-5(8)7-3-4;/h5-10,13-14,17,20,36H,11-12,15-16H2,1-4H3,(H,37,41)(H,38,42);5-14H,1-4H3,(H,31,35);4H,1-3,6H2,(H,7,8);1H4/t20-;;4-;/m0.0./s1. The average Bonchev–Trinajstić information content (AvgIpc) is 0.814. The first-order chi connectivity index (χ1) is 43.4. The molecule has 0 unspecified atom stereocenters. The van der Waals surface area contributed by atoms with Crippen LogP contribution in [0.1, 0.15) is 80.9 Å². The molecule has 482 valence electrons. The quantitative estimate of drug-likeness (QED) is 0.0557. The smallest absolute Gasteiger partial charge is 0.330 e. The molecule has 7 N–H and O–H groups in total. The normalized spacial score (nSPS) is 14.2. The maximum Gasteiger partial charge on any atom is 0.330 e. The van der Waals surface area contributed by atoms with E-state index in [-0.39, 0.29) is 60.3 Å². The Labute approximate surface area is 538 Å². The summed E-state index contributed by atoms with van der Waals surface area (Å²) in [6.45, 7) is 4.97. The third-order valence-electron chi connectivity index (χ3n) is 15.7. The molecule has 2 aromatic heterocycles. The van der Waals surface area contributed by atoms with E-state index in [1.54, 1.807) is 61.5 Å². The molecule has 2 aliphatic rings. The summed E-state index contributed by atoms with van der Waals surface area (Å²) < 4.78 is 44.9. The van der Waals surface area contributed by atoms with E-state index in [9.17, 15) is 47.5 Å². The van der Waals surface area contributed by atoms with Crippen LogP contribution in [0, 0.1) is 25.5 Å². The molecule has 4 heterocycles. The van der Waals surface area contributed by atoms with Gasteiger partial charge in [0.05, 0.1) is 29.8 Å². The molecule has 92 heavy (non-hydrogen) atoms. The fourth-order valence-corrected chi connectivity index (χ4v) is 11.1. The maximum absolute atomic E-state index is 15.5. The molecule has 2 fully saturated rings. The third kappa shape index (κ3) is 15.3. The number of nitrogens with zero attached hydrogens (tertiary/aromatic N) is 4. The van der Waals surface area contributed by atoms with Gasteiger partial charge in [-0.1, -0.05) is 91.3 Å². The van der Waals surface area contributed by atoms with Crippen LogP contribution in [-0.2, 0) is 44.3 Å². The van der Waals surface area contributed by atoms with Crippen molar-refractivity contribution in [2.45, 2.75) is 65.6 Å². The summed E-state index contributed by atoms with van der Waals surface area (Å²) in [6.07, 6.45) is 5.34. The van der Waals surface area contributed by atoms with Crippen LogP contribution in [0.4, 0.5) is 20.2 Å². The molecule has 21 nitrogen and oxygen atoms in total. The van der Waals surface area contributed by atoms with Gasteiger partial charge in [0.15, 0.2) is 6.29 Å². The lowest BCUT2D eigenvalue weighted by Gasteiger charge is -2.24. The van der Waals surface area contributed by atoms with Crippen molar-refractivity contribution in [2.24, 2.45) is 33.9 Å². The summed E-state index contributed by atoms with van der Waals surface area (Å²) in [5.41, 5.74) is 9.81. The molecule has 0 bridgehead atoms. The van der Waals surface area contributed by atoms with Gasteiger partial charge in [-0.3, -0.25) is 42.7 Å². The Hall–Kier alpha value is -9.81. The van der Waals surface area contributed by atoms with Crippen LogP contribution in [0.3, 0.4) is 0 Å². The van der Waals surface area contributed by atoms with Crippen molar-refractivity contribution < 1.29 is 42.2 Å². The number of nitrogens with two attached hydrogens (primary N) is 1. The van der Waals surface area contributed by atoms with E-state index in [0.29, 0.717) is 121 Å². The minimum absolute atomic E-state index is 0. The highest BCUT2D eigenvalue weighted by molar-refractivity contribution is 6.36. The van der Waals surface area contributed by atoms with Gasteiger partial charge in [0.2, 0.25) is 11.8 Å². The zero-order valence-electron chi connectivity index (χ0n) is 50.9. The zero-order chi connectivity index (χ0) is 66.1. The van der Waals surface area contributed by atoms with E-state index < -0.39 is 45.9 Å². The molecule has 0 radical (unpaired) electrons. The number of aromatic nitrogens is 4. The van der Waals surface area contributed by atoms with E-state index in [4.69, 9.17) is 38.4 Å². The van der Waals surface area contributed by atoms with Crippen molar-refractivity contribution in [3.05, 3.63) is 206 Å². The largest absolute Gasteiger partial charge is 0.496 e. The molecule has 25 heteroatoms. The first-order valence-corrected chi connectivity index (χ1v) is 29.3. The van der Waals surface area contributed by atoms with Gasteiger partial charge < -0.3 is 50.9 Å². The second kappa shape index (κ2) is 30.3. The summed E-state index contributed by atoms with van der Waals surface area (Å²) in [5.74, 6) is -1.92. The van der Waals surface area contributed by atoms with E-state index >= 15 is 4.39 Å². The molecule has 6 aromatic carbocycles. The topological polar surface area (TPSA) is 278 Å². The first kappa shape index (κ1) is 69.7. The number of ether oxygens (including phenoxy) is 2. The third-order valence-corrected chi connectivity index (χ3v) is 16.5. The number of piperidine rings is 2. The highest BCUT2D eigenvalue weighted by Crippen LogP contribution is 2.43. The number of anilines is 2. The molecule has 0 spiro atoms. The maximum atomic E-state index is 15.5. The number of benzene rings is 6. The van der Waals surface area contributed by atoms with Gasteiger partial charge in [-0.25, -0.2) is 18.4 Å². The fourth-order valence-electron chi connectivity index (χ4n) is 10.4. The first-order valence-electron chi connectivity index (χ1n) is 28.5. The molecule has 10 rings (SSSR count). The second-order valence-corrected chi connectivity index (χ2v) is 22.4. The molecule has 8 aromatic rings. The Balaban J connectivity index is 0.000000232. The number of rotatable bonds is 14. The minimum atomic E-state index is -0.735. The van der Waals surface area contributed by atoms with Crippen molar-refractivity contribution in [3.63, 3.8) is 0 Å². The van der Waals surface area contributed by atoms with Gasteiger partial charge >= 0.3 is 11.4 Å². The van der Waals surface area contributed by atoms with Crippen molar-refractivity contribution in [1.29, 1.82) is 0 Å². The SMILES string of the molecule is C.COc1cc(-c2cccc(-c3cccc(NC(=O)c4cn(C)c(=O)n(C)c4=O)c3C)c2Cl)cc(F)c1C=O.COc1cc(-c2cccc(-c3cccc(NC(=O)c4cn(C)c(=O)n(C)c4=O)c3C)c2Cl)cc(F)c1CN[C@H]1CCC(=O)NC1.N[C@H]1CCC(=O)NC1. The molecule has 4 amide bonds. The lowest BCUT2D eigenvalue weighted by atomic mass is 9.94. The molecular formula is C67H70Cl2F2N10O11. The number of hydrogen-bond donors (Lipinski definition) is 6. The van der Waals surface area contributed by atoms with E-state index in [1.165, 1.54) is 77.6 Å². The highest BCUT2D eigenvalue weighted by atomic mass is 35.5. The number of carbonyl (C=O) groups is 5. The van der Waals surface area contributed by atoms with E-state index in [1.807, 2.05) is 31.2 Å². The van der Waals surface area contributed by atoms with Gasteiger partial charge in [0.25, 0.3) is 22.9 Å². The predicted molar refractivity (Wildman–Crippen MR) is 352 cm³/mol. The van der Waals surface area contributed by atoms with Crippen LogP contribution >= 0.6 is 23.2 Å². The van der Waals surface area contributed by atoms with E-state index in [2.05, 4.69) is 26.6 Å². The Morgan fingerprint density at radius 2 is 1.04 bits per heavy atom. The Morgan fingerprint density at radius 3 is 1.47 bits per heavy atom. The van der Waals surface area contributed by atoms with Crippen LogP contribution in [0.25, 0.3) is 44.5 Å². The van der Waals surface area contributed by atoms with Crippen molar-refractivity contribution in [3.8, 4) is 56.0 Å². The van der Waals surface area contributed by atoms with Crippen LogP contribution in [0.2, 0.25) is 10.0 Å². The number of carbonyl (C=O) groups excluding carboxylic acids is 5. The van der Waals surface area contributed by atoms with Crippen LogP contribution in [0.5, 0.6) is 11.5 Å². The van der Waals surface area contributed by atoms with Gasteiger partial charge in [0.1, 0.15) is 34.3 Å². The summed E-state index contributed by atoms with van der Waals surface area (Å²) in [5, 5.41) is 15.0. The Morgan fingerprint density at radius 1 is 0.620 bits per heavy atom. The van der Waals surface area contributed by atoms with Gasteiger partial charge in [-0.05, 0) is 96.5 Å². The number of amides is 4. The second-order valence-electron chi connectivity index (χ2n) is 21.7. The van der Waals surface area contributed by atoms with Crippen molar-refractivity contribution in [2.75, 3.05) is 37.9 Å². The molecule has 2 saturated heterocycles. The fraction of sp³-hybridized carbons (Fsp3) is 0.269. The lowest BCUT2D eigenvalue weighted by molar-refractivity contribution is -0.123. The zero-order valence-corrected chi connectivity index (χ0v) is 52.5. The summed E-state index contributed by atoms with van der Waals surface area (Å²) >= 11 is 13.8. The molecular weight excluding hydrogens is 1230 g/mol. The van der Waals surface area contributed by atoms with Crippen LogP contribution in [0.15, 0.2) is 129 Å². The number of nitrogens with one attached hydrogen (secondary N) is 5. The van der Waals surface area contributed by atoms with Crippen LogP contribution < -0.4 is 64.3 Å². The van der Waals surface area contributed by atoms with Crippen molar-refractivity contribution in [1.82, 2.24) is 34.2 Å². The molecule has 2 atom stereocenters. The summed E-state index contributed by atoms with van der Waals surface area (Å²) in [6, 6.07) is 27.4. The lowest BCUT2D eigenvalue weighted by Crippen LogP contribution is -2.45. The van der Waals surface area contributed by atoms with Gasteiger partial charge in [-0.2, -0.15) is 0 Å². The number of hydrogen-bond acceptors (Lipinski definition) is 13. The summed E-state index contributed by atoms with van der Waals surface area (Å²) in [7, 11) is 8.36. The number of aldehydes is 1. The summed E-state index contributed by atoms with van der Waals surface area (Å²) in [4.78, 5) is 108. The van der Waals surface area contributed by atoms with Gasteiger partial charge in [-0.15, -0.1) is 0 Å². The Kier molecular flexibility index (Phi) is 23.0. The Bertz CT molecular complexity index is 4430. The number of methoxy groups -OCH3 is 2.